The Morgan fingerprint density at radius 2 is 1.15 bits per heavy atom. The Balaban J connectivity index is 4.20. The van der Waals surface area contributed by atoms with Crippen molar-refractivity contribution in [3.05, 3.63) is 0 Å². The highest BCUT2D eigenvalue weighted by molar-refractivity contribution is 6.73. The topological polar surface area (TPSA) is 3.24 Å². The molecule has 2 heteroatoms. The summed E-state index contributed by atoms with van der Waals surface area (Å²) < 4.78 is 2.72. The van der Waals surface area contributed by atoms with Gasteiger partial charge in [-0.25, -0.2) is 0 Å². The minimum Gasteiger partial charge on any atom is -0.323 e. The van der Waals surface area contributed by atoms with E-state index >= 15 is 0 Å². The minimum atomic E-state index is -1.08. The van der Waals surface area contributed by atoms with Crippen LogP contribution in [-0.4, -0.2) is 25.9 Å². The maximum absolute atomic E-state index is 2.72. The number of rotatable bonds is 5. The molecule has 0 heterocycles. The molecule has 0 fully saturated rings. The van der Waals surface area contributed by atoms with E-state index in [0.29, 0.717) is 0 Å². The second-order valence-corrected chi connectivity index (χ2v) is 10.8. The summed E-state index contributed by atoms with van der Waals surface area (Å²) in [5, 5.41) is 0. The monoisotopic (exact) mass is 201 g/mol. The first-order chi connectivity index (χ1) is 5.73. The second kappa shape index (κ2) is 5.16. The fourth-order valence-electron chi connectivity index (χ4n) is 1.50. The molecular weight excluding hydrogens is 174 g/mol. The lowest BCUT2D eigenvalue weighted by atomic mass is 10.2. The molecule has 0 aromatic heterocycles. The zero-order valence-electron chi connectivity index (χ0n) is 10.5. The highest BCUT2D eigenvalue weighted by Crippen LogP contribution is 2.14. The van der Waals surface area contributed by atoms with Gasteiger partial charge in [0, 0.05) is 0 Å². The first-order valence-corrected chi connectivity index (χ1v) is 8.93. The lowest BCUT2D eigenvalue weighted by Crippen LogP contribution is -2.49. The second-order valence-electron chi connectivity index (χ2n) is 5.86. The molecule has 0 rings (SSSR count). The Morgan fingerprint density at radius 3 is 1.31 bits per heavy atom. The van der Waals surface area contributed by atoms with Crippen molar-refractivity contribution in [1.82, 2.24) is 4.57 Å². The van der Waals surface area contributed by atoms with E-state index in [-0.39, 0.29) is 0 Å². The third-order valence-corrected chi connectivity index (χ3v) is 4.38. The van der Waals surface area contributed by atoms with Crippen molar-refractivity contribution in [3.63, 3.8) is 0 Å². The van der Waals surface area contributed by atoms with Crippen LogP contribution in [0.1, 0.15) is 27.7 Å². The fourth-order valence-corrected chi connectivity index (χ4v) is 3.33. The van der Waals surface area contributed by atoms with Gasteiger partial charge in [0.25, 0.3) is 0 Å². The Kier molecular flexibility index (Phi) is 5.23. The quantitative estimate of drug-likeness (QED) is 0.616. The van der Waals surface area contributed by atoms with Gasteiger partial charge in [0.15, 0.2) is 0 Å². The molecule has 13 heavy (non-hydrogen) atoms. The van der Waals surface area contributed by atoms with Crippen LogP contribution in [0.15, 0.2) is 0 Å². The van der Waals surface area contributed by atoms with Gasteiger partial charge in [0.1, 0.15) is 8.24 Å². The fraction of sp³-hybridized carbons (Fsp3) is 1.00. The van der Waals surface area contributed by atoms with Crippen molar-refractivity contribution >= 4 is 8.24 Å². The van der Waals surface area contributed by atoms with Gasteiger partial charge in [-0.05, 0) is 24.9 Å². The van der Waals surface area contributed by atoms with Crippen LogP contribution in [0.3, 0.4) is 0 Å². The van der Waals surface area contributed by atoms with E-state index in [1.165, 1.54) is 13.1 Å². The van der Waals surface area contributed by atoms with Crippen LogP contribution in [0.25, 0.3) is 0 Å². The first kappa shape index (κ1) is 13.2. The zero-order valence-corrected chi connectivity index (χ0v) is 11.5. The lowest BCUT2D eigenvalue weighted by Gasteiger charge is -2.36. The summed E-state index contributed by atoms with van der Waals surface area (Å²) in [6, 6.07) is 0. The van der Waals surface area contributed by atoms with Crippen molar-refractivity contribution in [3.8, 4) is 0 Å². The average molecular weight is 201 g/mol. The van der Waals surface area contributed by atoms with E-state index in [9.17, 15) is 0 Å². The van der Waals surface area contributed by atoms with Crippen molar-refractivity contribution in [2.45, 2.75) is 47.3 Å². The Hall–Kier alpha value is 0.177. The SMILES string of the molecule is CC(C)CN(CC(C)C)[Si](C)(C)C. The molecule has 0 saturated carbocycles. The van der Waals surface area contributed by atoms with E-state index in [1.54, 1.807) is 0 Å². The molecule has 0 spiro atoms. The van der Waals surface area contributed by atoms with E-state index in [1.807, 2.05) is 0 Å². The van der Waals surface area contributed by atoms with Crippen LogP contribution in [0.2, 0.25) is 19.6 Å². The molecule has 0 aromatic rings. The normalized spacial score (nSPS) is 13.4. The van der Waals surface area contributed by atoms with Crippen molar-refractivity contribution in [2.75, 3.05) is 13.1 Å². The summed E-state index contributed by atoms with van der Waals surface area (Å²) in [6.07, 6.45) is 0. The Bertz CT molecular complexity index is 126. The molecule has 0 aliphatic rings. The van der Waals surface area contributed by atoms with Crippen LogP contribution in [0, 0.1) is 11.8 Å². The molecule has 0 amide bonds. The van der Waals surface area contributed by atoms with Gasteiger partial charge in [-0.1, -0.05) is 47.3 Å². The lowest BCUT2D eigenvalue weighted by molar-refractivity contribution is 0.331. The van der Waals surface area contributed by atoms with Crippen LogP contribution in [0.4, 0.5) is 0 Å². The molecule has 0 bridgehead atoms. The van der Waals surface area contributed by atoms with Crippen LogP contribution in [-0.2, 0) is 0 Å². The molecule has 0 unspecified atom stereocenters. The summed E-state index contributed by atoms with van der Waals surface area (Å²) >= 11 is 0. The van der Waals surface area contributed by atoms with Gasteiger partial charge in [0.05, 0.1) is 0 Å². The third-order valence-electron chi connectivity index (χ3n) is 2.12. The van der Waals surface area contributed by atoms with Gasteiger partial charge in [-0.3, -0.25) is 0 Å². The van der Waals surface area contributed by atoms with Crippen molar-refractivity contribution in [1.29, 1.82) is 0 Å². The Labute approximate surface area is 85.6 Å². The molecule has 0 saturated heterocycles. The highest BCUT2D eigenvalue weighted by Gasteiger charge is 2.24. The summed E-state index contributed by atoms with van der Waals surface area (Å²) in [5.74, 6) is 1.59. The highest BCUT2D eigenvalue weighted by atomic mass is 28.3. The van der Waals surface area contributed by atoms with Crippen LogP contribution in [0.5, 0.6) is 0 Å². The third kappa shape index (κ3) is 6.27. The van der Waals surface area contributed by atoms with Gasteiger partial charge in [0.2, 0.25) is 0 Å². The summed E-state index contributed by atoms with van der Waals surface area (Å²) in [7, 11) is -1.08. The molecule has 1 nitrogen and oxygen atoms in total. The van der Waals surface area contributed by atoms with Crippen LogP contribution >= 0.6 is 0 Å². The molecule has 0 aliphatic heterocycles. The average Bonchev–Trinajstić information content (AvgIpc) is 1.81. The van der Waals surface area contributed by atoms with Gasteiger partial charge >= 0.3 is 0 Å². The minimum absolute atomic E-state index is 0.797. The smallest absolute Gasteiger partial charge is 0.119 e. The summed E-state index contributed by atoms with van der Waals surface area (Å²) in [5.41, 5.74) is 0. The number of hydrogen-bond acceptors (Lipinski definition) is 1. The predicted molar refractivity (Wildman–Crippen MR) is 64.6 cm³/mol. The first-order valence-electron chi connectivity index (χ1n) is 5.48. The van der Waals surface area contributed by atoms with Gasteiger partial charge < -0.3 is 4.57 Å². The molecule has 0 N–H and O–H groups in total. The number of nitrogens with zero attached hydrogens (tertiary/aromatic N) is 1. The molecule has 0 aliphatic carbocycles. The summed E-state index contributed by atoms with van der Waals surface area (Å²) in [6.45, 7) is 19.1. The molecule has 0 aromatic carbocycles. The standard InChI is InChI=1S/C11H27NSi/c1-10(2)8-12(9-11(3)4)13(5,6)7/h10-11H,8-9H2,1-7H3. The maximum atomic E-state index is 2.72. The van der Waals surface area contributed by atoms with E-state index in [0.717, 1.165) is 11.8 Å². The van der Waals surface area contributed by atoms with Crippen molar-refractivity contribution in [2.24, 2.45) is 11.8 Å². The van der Waals surface area contributed by atoms with Crippen molar-refractivity contribution < 1.29 is 0 Å². The Morgan fingerprint density at radius 1 is 0.846 bits per heavy atom. The number of hydrogen-bond donors (Lipinski definition) is 0. The van der Waals surface area contributed by atoms with E-state index in [2.05, 4.69) is 51.9 Å². The van der Waals surface area contributed by atoms with E-state index < -0.39 is 8.24 Å². The molecular formula is C11H27NSi. The predicted octanol–water partition coefficient (Wildman–Crippen LogP) is 3.44. The summed E-state index contributed by atoms with van der Waals surface area (Å²) in [4.78, 5) is 0. The zero-order chi connectivity index (χ0) is 10.6. The van der Waals surface area contributed by atoms with Crippen LogP contribution < -0.4 is 0 Å². The maximum Gasteiger partial charge on any atom is 0.119 e. The largest absolute Gasteiger partial charge is 0.323 e. The molecule has 0 radical (unpaired) electrons. The van der Waals surface area contributed by atoms with E-state index in [4.69, 9.17) is 0 Å². The van der Waals surface area contributed by atoms with Gasteiger partial charge in [-0.15, -0.1) is 0 Å². The molecule has 0 atom stereocenters. The van der Waals surface area contributed by atoms with Gasteiger partial charge in [-0.2, -0.15) is 0 Å². The molecule has 80 valence electrons.